The van der Waals surface area contributed by atoms with Crippen LogP contribution in [0, 0.1) is 5.82 Å². The van der Waals surface area contributed by atoms with Crippen molar-refractivity contribution >= 4 is 29.1 Å². The van der Waals surface area contributed by atoms with Gasteiger partial charge in [-0.1, -0.05) is 29.8 Å². The first-order chi connectivity index (χ1) is 13.4. The molecule has 0 aliphatic carbocycles. The summed E-state index contributed by atoms with van der Waals surface area (Å²) in [5.41, 5.74) is 1.22. The van der Waals surface area contributed by atoms with Gasteiger partial charge in [-0.25, -0.2) is 4.39 Å². The SMILES string of the molecule is CN(C)C(CNC(=O)CN1C(=O)COc2c(Cl)cccc21)c1cccc(F)c1. The summed E-state index contributed by atoms with van der Waals surface area (Å²) in [4.78, 5) is 28.0. The minimum atomic E-state index is -0.330. The fourth-order valence-electron chi connectivity index (χ4n) is 3.09. The topological polar surface area (TPSA) is 61.9 Å². The molecule has 148 valence electrons. The zero-order valence-corrected chi connectivity index (χ0v) is 16.4. The molecule has 0 saturated heterocycles. The Morgan fingerprint density at radius 1 is 1.32 bits per heavy atom. The molecule has 0 bridgehead atoms. The number of hydrogen-bond donors (Lipinski definition) is 1. The minimum Gasteiger partial charge on any atom is -0.480 e. The maximum atomic E-state index is 13.5. The summed E-state index contributed by atoms with van der Waals surface area (Å²) in [5.74, 6) is -0.589. The molecule has 0 fully saturated rings. The molecule has 1 aliphatic heterocycles. The van der Waals surface area contributed by atoms with E-state index in [2.05, 4.69) is 5.32 Å². The molecule has 1 aliphatic rings. The highest BCUT2D eigenvalue weighted by Gasteiger charge is 2.29. The second kappa shape index (κ2) is 8.58. The van der Waals surface area contributed by atoms with Gasteiger partial charge in [-0.3, -0.25) is 14.5 Å². The molecule has 1 atom stereocenters. The number of para-hydroxylation sites is 1. The number of hydrogen-bond acceptors (Lipinski definition) is 4. The number of nitrogens with zero attached hydrogens (tertiary/aromatic N) is 2. The highest BCUT2D eigenvalue weighted by Crippen LogP contribution is 2.37. The van der Waals surface area contributed by atoms with E-state index in [1.165, 1.54) is 17.0 Å². The van der Waals surface area contributed by atoms with Crippen molar-refractivity contribution in [1.29, 1.82) is 0 Å². The summed E-state index contributed by atoms with van der Waals surface area (Å²) in [6, 6.07) is 11.1. The van der Waals surface area contributed by atoms with Crippen molar-refractivity contribution in [2.24, 2.45) is 0 Å². The Kier molecular flexibility index (Phi) is 6.16. The number of fused-ring (bicyclic) bond motifs is 1. The van der Waals surface area contributed by atoms with Gasteiger partial charge in [0, 0.05) is 6.54 Å². The summed E-state index contributed by atoms with van der Waals surface area (Å²) in [7, 11) is 3.71. The molecule has 0 aromatic heterocycles. The van der Waals surface area contributed by atoms with Gasteiger partial charge >= 0.3 is 0 Å². The van der Waals surface area contributed by atoms with Gasteiger partial charge in [0.15, 0.2) is 12.4 Å². The number of carbonyl (C=O) groups is 2. The summed E-state index contributed by atoms with van der Waals surface area (Å²) in [6.45, 7) is -0.0529. The molecule has 0 radical (unpaired) electrons. The Hall–Kier alpha value is -2.64. The first-order valence-electron chi connectivity index (χ1n) is 8.77. The minimum absolute atomic E-state index is 0.154. The Labute approximate surface area is 167 Å². The third-order valence-electron chi connectivity index (χ3n) is 4.53. The van der Waals surface area contributed by atoms with Gasteiger partial charge in [0.2, 0.25) is 5.91 Å². The summed E-state index contributed by atoms with van der Waals surface area (Å²) in [6.07, 6.45) is 0. The lowest BCUT2D eigenvalue weighted by Gasteiger charge is -2.30. The number of rotatable bonds is 6. The van der Waals surface area contributed by atoms with Crippen LogP contribution in [0.15, 0.2) is 42.5 Å². The first-order valence-corrected chi connectivity index (χ1v) is 9.15. The fraction of sp³-hybridized carbons (Fsp3) is 0.300. The van der Waals surface area contributed by atoms with E-state index in [4.69, 9.17) is 16.3 Å². The van der Waals surface area contributed by atoms with Crippen molar-refractivity contribution in [3.05, 3.63) is 58.9 Å². The van der Waals surface area contributed by atoms with Crippen LogP contribution in [0.3, 0.4) is 0 Å². The fourth-order valence-corrected chi connectivity index (χ4v) is 3.32. The van der Waals surface area contributed by atoms with Gasteiger partial charge < -0.3 is 15.0 Å². The standard InChI is InChI=1S/C20H21ClFN3O3/c1-24(2)17(13-5-3-6-14(22)9-13)10-23-18(26)11-25-16-8-4-7-15(21)20(16)28-12-19(25)27/h3-9,17H,10-12H2,1-2H3,(H,23,26). The van der Waals surface area contributed by atoms with Crippen LogP contribution in [-0.4, -0.2) is 50.5 Å². The lowest BCUT2D eigenvalue weighted by atomic mass is 10.1. The molecule has 2 aromatic rings. The molecular weight excluding hydrogens is 385 g/mol. The van der Waals surface area contributed by atoms with E-state index < -0.39 is 0 Å². The lowest BCUT2D eigenvalue weighted by Crippen LogP contribution is -2.46. The normalized spacial score (nSPS) is 14.5. The molecule has 6 nitrogen and oxygen atoms in total. The van der Waals surface area contributed by atoms with Crippen LogP contribution in [0.25, 0.3) is 0 Å². The van der Waals surface area contributed by atoms with E-state index >= 15 is 0 Å². The van der Waals surface area contributed by atoms with E-state index in [9.17, 15) is 14.0 Å². The van der Waals surface area contributed by atoms with Gasteiger partial charge in [-0.05, 0) is 43.9 Å². The van der Waals surface area contributed by atoms with Gasteiger partial charge in [0.25, 0.3) is 5.91 Å². The van der Waals surface area contributed by atoms with Gasteiger partial charge in [-0.15, -0.1) is 0 Å². The smallest absolute Gasteiger partial charge is 0.265 e. The number of ether oxygens (including phenoxy) is 1. The molecule has 8 heteroatoms. The molecule has 0 saturated carbocycles. The maximum Gasteiger partial charge on any atom is 0.265 e. The Balaban J connectivity index is 1.69. The van der Waals surface area contributed by atoms with Crippen LogP contribution in [0.5, 0.6) is 5.75 Å². The van der Waals surface area contributed by atoms with Crippen molar-refractivity contribution in [2.75, 3.05) is 38.7 Å². The van der Waals surface area contributed by atoms with Crippen LogP contribution < -0.4 is 15.0 Å². The molecule has 0 spiro atoms. The lowest BCUT2D eigenvalue weighted by molar-refractivity contribution is -0.125. The van der Waals surface area contributed by atoms with Crippen LogP contribution in [0.1, 0.15) is 11.6 Å². The molecule has 1 unspecified atom stereocenters. The molecule has 3 rings (SSSR count). The number of anilines is 1. The van der Waals surface area contributed by atoms with Crippen molar-refractivity contribution < 1.29 is 18.7 Å². The second-order valence-corrected chi connectivity index (χ2v) is 7.10. The second-order valence-electron chi connectivity index (χ2n) is 6.70. The van der Waals surface area contributed by atoms with Crippen molar-refractivity contribution in [2.45, 2.75) is 6.04 Å². The van der Waals surface area contributed by atoms with Gasteiger partial charge in [0.05, 0.1) is 16.8 Å². The zero-order valence-electron chi connectivity index (χ0n) is 15.6. The quantitative estimate of drug-likeness (QED) is 0.802. The number of amides is 2. The van der Waals surface area contributed by atoms with Crippen LogP contribution in [0.4, 0.5) is 10.1 Å². The Morgan fingerprint density at radius 2 is 2.07 bits per heavy atom. The average Bonchev–Trinajstić information content (AvgIpc) is 2.64. The molecule has 1 heterocycles. The number of halogens is 2. The third-order valence-corrected chi connectivity index (χ3v) is 4.83. The van der Waals surface area contributed by atoms with E-state index in [1.54, 1.807) is 24.3 Å². The maximum absolute atomic E-state index is 13.5. The average molecular weight is 406 g/mol. The number of likely N-dealkylation sites (N-methyl/N-ethyl adjacent to an activating group) is 1. The van der Waals surface area contributed by atoms with Crippen molar-refractivity contribution in [1.82, 2.24) is 10.2 Å². The number of nitrogens with one attached hydrogen (secondary N) is 1. The van der Waals surface area contributed by atoms with E-state index in [-0.39, 0.29) is 43.4 Å². The highest BCUT2D eigenvalue weighted by molar-refractivity contribution is 6.32. The van der Waals surface area contributed by atoms with Crippen molar-refractivity contribution in [3.63, 3.8) is 0 Å². The Bertz CT molecular complexity index is 891. The predicted molar refractivity (Wildman–Crippen MR) is 105 cm³/mol. The first kappa shape index (κ1) is 20.1. The van der Waals surface area contributed by atoms with E-state index in [1.807, 2.05) is 25.1 Å². The molecule has 2 amide bonds. The van der Waals surface area contributed by atoms with Gasteiger partial charge in [0.1, 0.15) is 12.4 Å². The summed E-state index contributed by atoms with van der Waals surface area (Å²) >= 11 is 6.11. The summed E-state index contributed by atoms with van der Waals surface area (Å²) < 4.78 is 18.9. The number of benzene rings is 2. The van der Waals surface area contributed by atoms with Crippen LogP contribution >= 0.6 is 11.6 Å². The molecular formula is C20H21ClFN3O3. The van der Waals surface area contributed by atoms with E-state index in [0.717, 1.165) is 5.56 Å². The van der Waals surface area contributed by atoms with Crippen LogP contribution in [0.2, 0.25) is 5.02 Å². The third kappa shape index (κ3) is 4.43. The summed E-state index contributed by atoms with van der Waals surface area (Å²) in [5, 5.41) is 3.21. The molecule has 1 N–H and O–H groups in total. The highest BCUT2D eigenvalue weighted by atomic mass is 35.5. The Morgan fingerprint density at radius 3 is 2.79 bits per heavy atom. The van der Waals surface area contributed by atoms with Crippen LogP contribution in [-0.2, 0) is 9.59 Å². The van der Waals surface area contributed by atoms with Gasteiger partial charge in [-0.2, -0.15) is 0 Å². The number of carbonyl (C=O) groups excluding carboxylic acids is 2. The predicted octanol–water partition coefficient (Wildman–Crippen LogP) is 2.62. The van der Waals surface area contributed by atoms with E-state index in [0.29, 0.717) is 16.5 Å². The molecule has 28 heavy (non-hydrogen) atoms. The largest absolute Gasteiger partial charge is 0.480 e. The molecule has 2 aromatic carbocycles. The zero-order chi connectivity index (χ0) is 20.3. The van der Waals surface area contributed by atoms with Crippen molar-refractivity contribution in [3.8, 4) is 5.75 Å². The monoisotopic (exact) mass is 405 g/mol.